The molecule has 1 atom stereocenters. The Morgan fingerprint density at radius 1 is 0.452 bits per heavy atom. The van der Waals surface area contributed by atoms with E-state index in [1.807, 2.05) is 0 Å². The summed E-state index contributed by atoms with van der Waals surface area (Å²) < 4.78 is 22.1. The molecule has 0 aliphatic heterocycles. The normalized spacial score (nSPS) is 13.5. The average Bonchev–Trinajstić information content (AvgIpc) is 2.75. The molecule has 5 heteroatoms. The van der Waals surface area contributed by atoms with Crippen molar-refractivity contribution in [2.24, 2.45) is 0 Å². The summed E-state index contributed by atoms with van der Waals surface area (Å²) in [5.41, 5.74) is 0. The molecular weight excluding hydrogens is 407 g/mol. The molecule has 188 valence electrons. The first-order chi connectivity index (χ1) is 15.1. The molecule has 1 unspecified atom stereocenters. The van der Waals surface area contributed by atoms with Crippen molar-refractivity contribution in [3.05, 3.63) is 0 Å². The van der Waals surface area contributed by atoms with Gasteiger partial charge in [-0.2, -0.15) is 0 Å². The maximum Gasteiger partial charge on any atom is 0.472 e. The van der Waals surface area contributed by atoms with Gasteiger partial charge in [0.2, 0.25) is 0 Å². The zero-order chi connectivity index (χ0) is 22.9. The Kier molecular flexibility index (Phi) is 24.8. The van der Waals surface area contributed by atoms with E-state index in [0.717, 1.165) is 25.7 Å². The van der Waals surface area contributed by atoms with Crippen molar-refractivity contribution in [2.45, 2.75) is 155 Å². The van der Waals surface area contributed by atoms with Crippen LogP contribution in [0.5, 0.6) is 0 Å². The van der Waals surface area contributed by atoms with E-state index in [4.69, 9.17) is 9.05 Å². The lowest BCUT2D eigenvalue weighted by Gasteiger charge is -2.12. The zero-order valence-electron chi connectivity index (χ0n) is 21.1. The first-order valence-electron chi connectivity index (χ1n) is 13.7. The van der Waals surface area contributed by atoms with E-state index in [2.05, 4.69) is 13.8 Å². The van der Waals surface area contributed by atoms with E-state index >= 15 is 0 Å². The Balaban J connectivity index is 3.30. The van der Waals surface area contributed by atoms with Gasteiger partial charge in [-0.05, 0) is 12.8 Å². The average molecular weight is 463 g/mol. The summed E-state index contributed by atoms with van der Waals surface area (Å²) in [7, 11) is -3.85. The molecule has 0 aromatic carbocycles. The van der Waals surface area contributed by atoms with Crippen LogP contribution in [0.4, 0.5) is 0 Å². The van der Waals surface area contributed by atoms with Crippen LogP contribution in [0, 0.1) is 0 Å². The van der Waals surface area contributed by atoms with Crippen LogP contribution < -0.4 is 0 Å². The van der Waals surface area contributed by atoms with Gasteiger partial charge >= 0.3 is 7.82 Å². The van der Waals surface area contributed by atoms with Crippen LogP contribution >= 0.6 is 7.82 Å². The van der Waals surface area contributed by atoms with Gasteiger partial charge in [0, 0.05) is 0 Å². The van der Waals surface area contributed by atoms with Gasteiger partial charge in [-0.25, -0.2) is 4.57 Å². The molecule has 0 saturated heterocycles. The quantitative estimate of drug-likeness (QED) is 0.103. The van der Waals surface area contributed by atoms with E-state index in [1.54, 1.807) is 0 Å². The van der Waals surface area contributed by atoms with Gasteiger partial charge in [-0.3, -0.25) is 9.05 Å². The van der Waals surface area contributed by atoms with Crippen molar-refractivity contribution in [1.82, 2.24) is 0 Å². The number of hydrogen-bond acceptors (Lipinski definition) is 3. The van der Waals surface area contributed by atoms with Crippen LogP contribution in [0.3, 0.4) is 0 Å². The number of rotatable bonds is 26. The van der Waals surface area contributed by atoms with Gasteiger partial charge in [0.15, 0.2) is 0 Å². The molecule has 0 aromatic heterocycles. The minimum absolute atomic E-state index is 0.322. The predicted octanol–water partition coefficient (Wildman–Crippen LogP) is 9.74. The monoisotopic (exact) mass is 462 g/mol. The van der Waals surface area contributed by atoms with Gasteiger partial charge in [-0.15, -0.1) is 0 Å². The third-order valence-corrected chi connectivity index (χ3v) is 7.02. The Morgan fingerprint density at radius 3 is 0.935 bits per heavy atom. The van der Waals surface area contributed by atoms with Gasteiger partial charge < -0.3 is 4.89 Å². The highest BCUT2D eigenvalue weighted by Crippen LogP contribution is 2.43. The summed E-state index contributed by atoms with van der Waals surface area (Å²) in [6.45, 7) is 5.15. The third kappa shape index (κ3) is 26.2. The van der Waals surface area contributed by atoms with Crippen molar-refractivity contribution < 1.29 is 18.5 Å². The first-order valence-corrected chi connectivity index (χ1v) is 15.2. The van der Waals surface area contributed by atoms with Crippen LogP contribution in [0.15, 0.2) is 0 Å². The molecule has 0 spiro atoms. The highest BCUT2D eigenvalue weighted by atomic mass is 31.2. The van der Waals surface area contributed by atoms with Gasteiger partial charge in [0.25, 0.3) is 0 Å². The smallest absolute Gasteiger partial charge is 0.302 e. The zero-order valence-corrected chi connectivity index (χ0v) is 22.0. The number of phosphoric acid groups is 1. The second-order valence-electron chi connectivity index (χ2n) is 9.21. The molecule has 31 heavy (non-hydrogen) atoms. The lowest BCUT2D eigenvalue weighted by Crippen LogP contribution is -1.99. The minimum Gasteiger partial charge on any atom is -0.302 e. The van der Waals surface area contributed by atoms with Crippen LogP contribution in [0.25, 0.3) is 0 Å². The van der Waals surface area contributed by atoms with Crippen molar-refractivity contribution in [3.63, 3.8) is 0 Å². The Bertz CT molecular complexity index is 390. The highest BCUT2D eigenvalue weighted by molar-refractivity contribution is 7.47. The Hall–Kier alpha value is 0.110. The summed E-state index contributed by atoms with van der Waals surface area (Å²) >= 11 is 0. The summed E-state index contributed by atoms with van der Waals surface area (Å²) in [4.78, 5) is 9.75. The summed E-state index contributed by atoms with van der Waals surface area (Å²) in [5, 5.41) is 0. The Morgan fingerprint density at radius 2 is 0.677 bits per heavy atom. The van der Waals surface area contributed by atoms with Crippen LogP contribution in [0.1, 0.15) is 155 Å². The first kappa shape index (κ1) is 31.1. The van der Waals surface area contributed by atoms with Gasteiger partial charge in [0.1, 0.15) is 0 Å². The van der Waals surface area contributed by atoms with E-state index in [-0.39, 0.29) is 0 Å². The van der Waals surface area contributed by atoms with Crippen LogP contribution in [0.2, 0.25) is 0 Å². The molecular formula is C26H55O4P. The van der Waals surface area contributed by atoms with Crippen LogP contribution in [-0.4, -0.2) is 18.1 Å². The van der Waals surface area contributed by atoms with Crippen molar-refractivity contribution in [2.75, 3.05) is 13.2 Å². The summed E-state index contributed by atoms with van der Waals surface area (Å²) in [6, 6.07) is 0. The maximum atomic E-state index is 11.9. The predicted molar refractivity (Wildman–Crippen MR) is 135 cm³/mol. The third-order valence-electron chi connectivity index (χ3n) is 6.00. The molecule has 0 heterocycles. The molecule has 0 radical (unpaired) electrons. The Labute approximate surface area is 194 Å². The number of unbranched alkanes of at least 4 members (excludes halogenated alkanes) is 20. The van der Waals surface area contributed by atoms with E-state index in [9.17, 15) is 9.46 Å². The van der Waals surface area contributed by atoms with Gasteiger partial charge in [0.05, 0.1) is 13.2 Å². The molecule has 1 N–H and O–H groups in total. The SMILES string of the molecule is CCCCCCCCCCCCCCOP(=O)(O)OCCCCCCCCCCCC. The summed E-state index contributed by atoms with van der Waals surface area (Å²) in [5.74, 6) is 0. The lowest BCUT2D eigenvalue weighted by molar-refractivity contribution is 0.145. The standard InChI is InChI=1S/C26H55O4P/c1-3-5-7-9-11-13-15-16-18-20-22-24-26-30-31(27,28)29-25-23-21-19-17-14-12-10-8-6-4-2/h3-26H2,1-2H3,(H,27,28). The molecule has 0 rings (SSSR count). The highest BCUT2D eigenvalue weighted by Gasteiger charge is 2.19. The van der Waals surface area contributed by atoms with E-state index in [0.29, 0.717) is 13.2 Å². The van der Waals surface area contributed by atoms with Crippen molar-refractivity contribution in [1.29, 1.82) is 0 Å². The second kappa shape index (κ2) is 24.7. The largest absolute Gasteiger partial charge is 0.472 e. The molecule has 0 bridgehead atoms. The minimum atomic E-state index is -3.85. The fraction of sp³-hybridized carbons (Fsp3) is 1.00. The summed E-state index contributed by atoms with van der Waals surface area (Å²) in [6.07, 6.45) is 27.7. The fourth-order valence-corrected chi connectivity index (χ4v) is 4.72. The molecule has 0 aromatic rings. The second-order valence-corrected chi connectivity index (χ2v) is 10.7. The topological polar surface area (TPSA) is 55.8 Å². The molecule has 0 amide bonds. The van der Waals surface area contributed by atoms with E-state index < -0.39 is 7.82 Å². The molecule has 0 saturated carbocycles. The van der Waals surface area contributed by atoms with Gasteiger partial charge in [-0.1, -0.05) is 142 Å². The molecule has 0 aliphatic rings. The molecule has 4 nitrogen and oxygen atoms in total. The number of phosphoric ester groups is 1. The fourth-order valence-electron chi connectivity index (χ4n) is 3.93. The number of hydrogen-bond donors (Lipinski definition) is 1. The van der Waals surface area contributed by atoms with Crippen molar-refractivity contribution >= 4 is 7.82 Å². The lowest BCUT2D eigenvalue weighted by atomic mass is 10.1. The molecule has 0 aliphatic carbocycles. The molecule has 0 fully saturated rings. The van der Waals surface area contributed by atoms with Crippen LogP contribution in [-0.2, 0) is 13.6 Å². The van der Waals surface area contributed by atoms with E-state index in [1.165, 1.54) is 116 Å². The van der Waals surface area contributed by atoms with Crippen molar-refractivity contribution in [3.8, 4) is 0 Å². The maximum absolute atomic E-state index is 11.9.